The van der Waals surface area contributed by atoms with E-state index >= 15 is 0 Å². The summed E-state index contributed by atoms with van der Waals surface area (Å²) in [6.07, 6.45) is 2.17. The van der Waals surface area contributed by atoms with Crippen LogP contribution in [0.5, 0.6) is 0 Å². The fraction of sp³-hybridized carbons (Fsp3) is 0.393. The number of hydrogen-bond donors (Lipinski definition) is 3. The van der Waals surface area contributed by atoms with Crippen LogP contribution in [-0.4, -0.2) is 42.3 Å². The molecule has 0 saturated carbocycles. The summed E-state index contributed by atoms with van der Waals surface area (Å²) in [7, 11) is 0. The fourth-order valence-electron chi connectivity index (χ4n) is 4.33. The number of allylic oxidation sites excluding steroid dienone is 1. The predicted octanol–water partition coefficient (Wildman–Crippen LogP) is 4.87. The molecule has 2 unspecified atom stereocenters. The maximum atomic E-state index is 12.8. The SMILES string of the molecule is CC(C)=CCC(NC(=O)OCC1c2ccccc2-c2ccccc21)C(=O)NCCC(C)CC(=O)O. The molecular weight excluding hydrogens is 444 g/mol. The van der Waals surface area contributed by atoms with Crippen LogP contribution < -0.4 is 10.6 Å². The minimum Gasteiger partial charge on any atom is -0.481 e. The van der Waals surface area contributed by atoms with Gasteiger partial charge in [-0.1, -0.05) is 67.1 Å². The number of hydrogen-bond acceptors (Lipinski definition) is 4. The molecule has 2 amide bonds. The van der Waals surface area contributed by atoms with E-state index in [1.54, 1.807) is 0 Å². The van der Waals surface area contributed by atoms with E-state index in [0.29, 0.717) is 19.4 Å². The van der Waals surface area contributed by atoms with Gasteiger partial charge in [-0.2, -0.15) is 0 Å². The van der Waals surface area contributed by atoms with Crippen LogP contribution in [0.2, 0.25) is 0 Å². The van der Waals surface area contributed by atoms with Gasteiger partial charge < -0.3 is 20.5 Å². The molecule has 0 aromatic heterocycles. The van der Waals surface area contributed by atoms with Crippen LogP contribution in [0.15, 0.2) is 60.2 Å². The molecule has 0 spiro atoms. The van der Waals surface area contributed by atoms with E-state index in [1.165, 1.54) is 0 Å². The van der Waals surface area contributed by atoms with Gasteiger partial charge in [-0.25, -0.2) is 4.79 Å². The first kappa shape index (κ1) is 26.0. The number of alkyl carbamates (subject to hydrolysis) is 1. The Kier molecular flexibility index (Phi) is 9.06. The molecule has 0 heterocycles. The summed E-state index contributed by atoms with van der Waals surface area (Å²) in [5.41, 5.74) is 5.57. The Hall–Kier alpha value is -3.61. The smallest absolute Gasteiger partial charge is 0.407 e. The lowest BCUT2D eigenvalue weighted by atomic mass is 9.98. The minimum absolute atomic E-state index is 0.0507. The molecule has 2 aromatic carbocycles. The molecule has 186 valence electrons. The van der Waals surface area contributed by atoms with Gasteiger partial charge in [0, 0.05) is 18.9 Å². The summed E-state index contributed by atoms with van der Waals surface area (Å²) in [5.74, 6) is -1.30. The summed E-state index contributed by atoms with van der Waals surface area (Å²) in [6, 6.07) is 15.4. The number of amides is 2. The highest BCUT2D eigenvalue weighted by atomic mass is 16.5. The minimum atomic E-state index is -0.859. The van der Waals surface area contributed by atoms with Gasteiger partial charge in [-0.15, -0.1) is 0 Å². The topological polar surface area (TPSA) is 105 Å². The largest absolute Gasteiger partial charge is 0.481 e. The van der Waals surface area contributed by atoms with Crippen molar-refractivity contribution >= 4 is 18.0 Å². The van der Waals surface area contributed by atoms with Crippen molar-refractivity contribution in [2.24, 2.45) is 5.92 Å². The Morgan fingerprint density at radius 2 is 1.63 bits per heavy atom. The quantitative estimate of drug-likeness (QED) is 0.400. The Morgan fingerprint density at radius 3 is 2.20 bits per heavy atom. The highest BCUT2D eigenvalue weighted by Gasteiger charge is 2.29. The Bertz CT molecular complexity index is 1040. The molecule has 2 atom stereocenters. The number of rotatable bonds is 11. The summed E-state index contributed by atoms with van der Waals surface area (Å²) in [4.78, 5) is 36.3. The van der Waals surface area contributed by atoms with E-state index < -0.39 is 18.1 Å². The molecule has 3 N–H and O–H groups in total. The lowest BCUT2D eigenvalue weighted by Crippen LogP contribution is -2.47. The van der Waals surface area contributed by atoms with E-state index in [0.717, 1.165) is 27.8 Å². The summed E-state index contributed by atoms with van der Waals surface area (Å²) in [5, 5.41) is 14.4. The van der Waals surface area contributed by atoms with Crippen molar-refractivity contribution < 1.29 is 24.2 Å². The second-order valence-corrected chi connectivity index (χ2v) is 9.32. The van der Waals surface area contributed by atoms with Crippen molar-refractivity contribution in [3.8, 4) is 11.1 Å². The number of carbonyl (C=O) groups is 3. The molecule has 1 aliphatic rings. The standard InChI is InChI=1S/C28H34N2O5/c1-18(2)12-13-25(27(33)29-15-14-19(3)16-26(31)32)30-28(34)35-17-24-22-10-6-4-8-20(22)21-9-5-7-11-23(21)24/h4-12,19,24-25H,13-17H2,1-3H3,(H,29,33)(H,30,34)(H,31,32). The van der Waals surface area contributed by atoms with Crippen LogP contribution in [0, 0.1) is 5.92 Å². The molecule has 3 rings (SSSR count). The van der Waals surface area contributed by atoms with Gasteiger partial charge in [0.25, 0.3) is 0 Å². The number of ether oxygens (including phenoxy) is 1. The monoisotopic (exact) mass is 478 g/mol. The lowest BCUT2D eigenvalue weighted by Gasteiger charge is -2.19. The predicted molar refractivity (Wildman–Crippen MR) is 135 cm³/mol. The molecule has 0 bridgehead atoms. The third-order valence-corrected chi connectivity index (χ3v) is 6.17. The molecule has 35 heavy (non-hydrogen) atoms. The van der Waals surface area contributed by atoms with Gasteiger partial charge in [0.1, 0.15) is 12.6 Å². The fourth-order valence-corrected chi connectivity index (χ4v) is 4.33. The number of carbonyl (C=O) groups excluding carboxylic acids is 2. The highest BCUT2D eigenvalue weighted by molar-refractivity contribution is 5.86. The van der Waals surface area contributed by atoms with E-state index in [4.69, 9.17) is 9.84 Å². The first-order valence-electron chi connectivity index (χ1n) is 12.0. The number of fused-ring (bicyclic) bond motifs is 3. The van der Waals surface area contributed by atoms with Crippen molar-refractivity contribution in [1.29, 1.82) is 0 Å². The number of nitrogens with one attached hydrogen (secondary N) is 2. The molecule has 7 heteroatoms. The van der Waals surface area contributed by atoms with E-state index in [2.05, 4.69) is 34.9 Å². The maximum Gasteiger partial charge on any atom is 0.407 e. The summed E-state index contributed by atoms with van der Waals surface area (Å²) >= 11 is 0. The van der Waals surface area contributed by atoms with Gasteiger partial charge >= 0.3 is 12.1 Å². The Labute approximate surface area is 206 Å². The van der Waals surface area contributed by atoms with Crippen LogP contribution in [0.25, 0.3) is 11.1 Å². The third-order valence-electron chi connectivity index (χ3n) is 6.17. The van der Waals surface area contributed by atoms with Gasteiger partial charge in [0.05, 0.1) is 0 Å². The zero-order valence-electron chi connectivity index (χ0n) is 20.5. The molecule has 2 aromatic rings. The molecule has 0 saturated heterocycles. The average Bonchev–Trinajstić information content (AvgIpc) is 3.13. The first-order valence-corrected chi connectivity index (χ1v) is 12.0. The van der Waals surface area contributed by atoms with Gasteiger partial charge in [-0.3, -0.25) is 9.59 Å². The molecule has 7 nitrogen and oxygen atoms in total. The second-order valence-electron chi connectivity index (χ2n) is 9.32. The zero-order chi connectivity index (χ0) is 25.4. The Morgan fingerprint density at radius 1 is 1.03 bits per heavy atom. The Balaban J connectivity index is 1.59. The van der Waals surface area contributed by atoms with Gasteiger partial charge in [0.15, 0.2) is 0 Å². The van der Waals surface area contributed by atoms with Gasteiger partial charge in [0.2, 0.25) is 5.91 Å². The molecular formula is C28H34N2O5. The van der Waals surface area contributed by atoms with E-state index in [9.17, 15) is 14.4 Å². The van der Waals surface area contributed by atoms with Crippen molar-refractivity contribution in [3.05, 3.63) is 71.3 Å². The van der Waals surface area contributed by atoms with Crippen molar-refractivity contribution in [2.75, 3.05) is 13.2 Å². The molecule has 0 fully saturated rings. The molecule has 1 aliphatic carbocycles. The van der Waals surface area contributed by atoms with Crippen molar-refractivity contribution in [2.45, 2.75) is 52.0 Å². The highest BCUT2D eigenvalue weighted by Crippen LogP contribution is 2.44. The normalized spacial score (nSPS) is 13.7. The van der Waals surface area contributed by atoms with E-state index in [-0.39, 0.29) is 30.8 Å². The lowest BCUT2D eigenvalue weighted by molar-refractivity contribution is -0.138. The second kappa shape index (κ2) is 12.2. The van der Waals surface area contributed by atoms with Gasteiger partial charge in [-0.05, 0) is 54.9 Å². The third kappa shape index (κ3) is 7.18. The van der Waals surface area contributed by atoms with Crippen LogP contribution in [0.1, 0.15) is 57.1 Å². The number of aliphatic carboxylic acids is 1. The van der Waals surface area contributed by atoms with Crippen LogP contribution in [-0.2, 0) is 14.3 Å². The summed E-state index contributed by atoms with van der Waals surface area (Å²) < 4.78 is 5.60. The molecule has 0 aliphatic heterocycles. The maximum absolute atomic E-state index is 12.8. The van der Waals surface area contributed by atoms with E-state index in [1.807, 2.05) is 51.1 Å². The van der Waals surface area contributed by atoms with Crippen LogP contribution >= 0.6 is 0 Å². The van der Waals surface area contributed by atoms with Crippen molar-refractivity contribution in [1.82, 2.24) is 10.6 Å². The number of carboxylic acid groups (broad SMARTS) is 1. The zero-order valence-corrected chi connectivity index (χ0v) is 20.5. The number of benzene rings is 2. The summed E-state index contributed by atoms with van der Waals surface area (Å²) in [6.45, 7) is 6.19. The number of carboxylic acids is 1. The van der Waals surface area contributed by atoms with Crippen LogP contribution in [0.3, 0.4) is 0 Å². The first-order chi connectivity index (χ1) is 16.8. The van der Waals surface area contributed by atoms with Crippen molar-refractivity contribution in [3.63, 3.8) is 0 Å². The molecule has 0 radical (unpaired) electrons. The average molecular weight is 479 g/mol. The van der Waals surface area contributed by atoms with Crippen LogP contribution in [0.4, 0.5) is 4.79 Å².